The molecule has 0 bridgehead atoms. The van der Waals surface area contributed by atoms with Crippen molar-refractivity contribution in [2.24, 2.45) is 0 Å². The number of hydrogen-bond acceptors (Lipinski definition) is 4. The maximum atomic E-state index is 13.2. The van der Waals surface area contributed by atoms with Crippen LogP contribution in [0.25, 0.3) is 0 Å². The molecule has 2 aromatic carbocycles. The molecule has 2 rings (SSSR count). The van der Waals surface area contributed by atoms with Gasteiger partial charge in [0.15, 0.2) is 9.84 Å². The highest BCUT2D eigenvalue weighted by atomic mass is 35.5. The monoisotopic (exact) mass is 363 g/mol. The third-order valence-corrected chi connectivity index (χ3v) is 5.71. The maximum absolute atomic E-state index is 13.2. The lowest BCUT2D eigenvalue weighted by molar-refractivity contribution is 0.595. The number of rotatable bonds is 4. The highest BCUT2D eigenvalue weighted by molar-refractivity contribution is 7.92. The predicted octanol–water partition coefficient (Wildman–Crippen LogP) is 2.68. The molecule has 0 aliphatic heterocycles. The quantitative estimate of drug-likeness (QED) is 0.905. The van der Waals surface area contributed by atoms with Crippen LogP contribution >= 0.6 is 11.6 Å². The first-order valence-corrected chi connectivity index (χ1v) is 9.63. The fraction of sp³-hybridized carbons (Fsp3) is 0.0769. The van der Waals surface area contributed by atoms with Crippen molar-refractivity contribution in [2.75, 3.05) is 11.0 Å². The normalized spacial score (nSPS) is 12.1. The van der Waals surface area contributed by atoms with E-state index in [2.05, 4.69) is 4.72 Å². The van der Waals surface area contributed by atoms with E-state index in [4.69, 9.17) is 11.6 Å². The van der Waals surface area contributed by atoms with Gasteiger partial charge in [-0.3, -0.25) is 4.72 Å². The van der Waals surface area contributed by atoms with Crippen LogP contribution in [-0.2, 0) is 19.9 Å². The molecule has 2 aromatic rings. The second-order valence-corrected chi connectivity index (χ2v) is 8.55. The van der Waals surface area contributed by atoms with Crippen molar-refractivity contribution < 1.29 is 21.2 Å². The summed E-state index contributed by atoms with van der Waals surface area (Å²) in [6.45, 7) is 0. The highest BCUT2D eigenvalue weighted by Crippen LogP contribution is 2.25. The van der Waals surface area contributed by atoms with Gasteiger partial charge in [0.1, 0.15) is 10.7 Å². The average molecular weight is 364 g/mol. The molecule has 0 fully saturated rings. The molecule has 0 atom stereocenters. The largest absolute Gasteiger partial charge is 0.280 e. The molecule has 0 unspecified atom stereocenters. The Balaban J connectivity index is 2.35. The van der Waals surface area contributed by atoms with Gasteiger partial charge in [0.2, 0.25) is 0 Å². The van der Waals surface area contributed by atoms with E-state index < -0.39 is 30.6 Å². The van der Waals surface area contributed by atoms with Crippen LogP contribution in [0.2, 0.25) is 5.02 Å². The van der Waals surface area contributed by atoms with Crippen LogP contribution in [0.15, 0.2) is 52.3 Å². The van der Waals surface area contributed by atoms with Gasteiger partial charge in [-0.1, -0.05) is 11.6 Å². The van der Waals surface area contributed by atoms with Crippen LogP contribution < -0.4 is 4.72 Å². The van der Waals surface area contributed by atoms with Gasteiger partial charge >= 0.3 is 0 Å². The molecule has 0 amide bonds. The van der Waals surface area contributed by atoms with E-state index >= 15 is 0 Å². The van der Waals surface area contributed by atoms with Gasteiger partial charge in [-0.15, -0.1) is 0 Å². The first-order valence-electron chi connectivity index (χ1n) is 5.87. The SMILES string of the molecule is CS(=O)(=O)c1ccc(NS(=O)(=O)c2cc(F)ccc2Cl)cc1. The van der Waals surface area contributed by atoms with Crippen LogP contribution in [0.4, 0.5) is 10.1 Å². The highest BCUT2D eigenvalue weighted by Gasteiger charge is 2.19. The van der Waals surface area contributed by atoms with Gasteiger partial charge in [0, 0.05) is 11.9 Å². The Morgan fingerprint density at radius 2 is 1.59 bits per heavy atom. The minimum Gasteiger partial charge on any atom is -0.280 e. The number of hydrogen-bond donors (Lipinski definition) is 1. The molecule has 0 heterocycles. The fourth-order valence-electron chi connectivity index (χ4n) is 1.66. The van der Waals surface area contributed by atoms with Crippen molar-refractivity contribution in [3.8, 4) is 0 Å². The van der Waals surface area contributed by atoms with Crippen LogP contribution in [0.3, 0.4) is 0 Å². The van der Waals surface area contributed by atoms with Crippen LogP contribution in [0, 0.1) is 5.82 Å². The van der Waals surface area contributed by atoms with E-state index in [0.717, 1.165) is 24.5 Å². The van der Waals surface area contributed by atoms with Gasteiger partial charge in [0.05, 0.1) is 9.92 Å². The third kappa shape index (κ3) is 3.76. The van der Waals surface area contributed by atoms with E-state index in [1.54, 1.807) is 0 Å². The Bertz CT molecular complexity index is 910. The summed E-state index contributed by atoms with van der Waals surface area (Å²) in [7, 11) is -7.46. The second-order valence-electron chi connectivity index (χ2n) is 4.48. The minimum absolute atomic E-state index is 0.0548. The summed E-state index contributed by atoms with van der Waals surface area (Å²) in [5.74, 6) is -0.739. The number of benzene rings is 2. The summed E-state index contributed by atoms with van der Waals surface area (Å²) in [6.07, 6.45) is 1.04. The smallest absolute Gasteiger partial charge is 0.263 e. The molecule has 0 aliphatic carbocycles. The fourth-order valence-corrected chi connectivity index (χ4v) is 3.87. The average Bonchev–Trinajstić information content (AvgIpc) is 2.40. The zero-order chi connectivity index (χ0) is 16.5. The zero-order valence-corrected chi connectivity index (χ0v) is 13.6. The topological polar surface area (TPSA) is 80.3 Å². The van der Waals surface area contributed by atoms with E-state index in [1.807, 2.05) is 0 Å². The number of sulfone groups is 1. The van der Waals surface area contributed by atoms with Crippen LogP contribution in [0.5, 0.6) is 0 Å². The first-order chi connectivity index (χ1) is 10.1. The Labute approximate surface area is 132 Å². The number of nitrogens with one attached hydrogen (secondary N) is 1. The molecule has 118 valence electrons. The molecule has 22 heavy (non-hydrogen) atoms. The molecule has 0 spiro atoms. The summed E-state index contributed by atoms with van der Waals surface area (Å²) in [6, 6.07) is 8.10. The summed E-state index contributed by atoms with van der Waals surface area (Å²) in [4.78, 5) is -0.347. The Hall–Kier alpha value is -1.64. The molecule has 9 heteroatoms. The van der Waals surface area contributed by atoms with Crippen molar-refractivity contribution in [1.29, 1.82) is 0 Å². The van der Waals surface area contributed by atoms with Crippen molar-refractivity contribution >= 4 is 37.1 Å². The summed E-state index contributed by atoms with van der Waals surface area (Å²) in [5.41, 5.74) is 0.132. The standard InChI is InChI=1S/C13H11ClFNO4S2/c1-21(17,18)11-5-3-10(4-6-11)16-22(19,20)13-8-9(15)2-7-12(13)14/h2-8,16H,1H3. The van der Waals surface area contributed by atoms with Crippen molar-refractivity contribution in [1.82, 2.24) is 0 Å². The third-order valence-electron chi connectivity index (χ3n) is 2.72. The lowest BCUT2D eigenvalue weighted by Gasteiger charge is -2.10. The summed E-state index contributed by atoms with van der Waals surface area (Å²) < 4.78 is 62.4. The molecule has 0 radical (unpaired) electrons. The van der Waals surface area contributed by atoms with Gasteiger partial charge in [0.25, 0.3) is 10.0 Å². The van der Waals surface area contributed by atoms with E-state index in [9.17, 15) is 21.2 Å². The number of anilines is 1. The molecular formula is C13H11ClFNO4S2. The minimum atomic E-state index is -4.09. The lowest BCUT2D eigenvalue weighted by Crippen LogP contribution is -2.13. The van der Waals surface area contributed by atoms with Crippen LogP contribution in [-0.4, -0.2) is 23.1 Å². The predicted molar refractivity (Wildman–Crippen MR) is 81.8 cm³/mol. The zero-order valence-electron chi connectivity index (χ0n) is 11.2. The Morgan fingerprint density at radius 3 is 2.14 bits per heavy atom. The Morgan fingerprint density at radius 1 is 1.00 bits per heavy atom. The van der Waals surface area contributed by atoms with E-state index in [-0.39, 0.29) is 15.6 Å². The molecule has 1 N–H and O–H groups in total. The van der Waals surface area contributed by atoms with Gasteiger partial charge in [-0.25, -0.2) is 21.2 Å². The number of halogens is 2. The molecule has 5 nitrogen and oxygen atoms in total. The van der Waals surface area contributed by atoms with Crippen molar-refractivity contribution in [3.05, 3.63) is 53.3 Å². The lowest BCUT2D eigenvalue weighted by atomic mass is 10.3. The van der Waals surface area contributed by atoms with E-state index in [0.29, 0.717) is 0 Å². The molecule has 0 saturated heterocycles. The van der Waals surface area contributed by atoms with Gasteiger partial charge < -0.3 is 0 Å². The van der Waals surface area contributed by atoms with Crippen molar-refractivity contribution in [3.63, 3.8) is 0 Å². The molecular weight excluding hydrogens is 353 g/mol. The van der Waals surface area contributed by atoms with Crippen LogP contribution in [0.1, 0.15) is 0 Å². The number of sulfonamides is 1. The summed E-state index contributed by atoms with van der Waals surface area (Å²) >= 11 is 5.77. The maximum Gasteiger partial charge on any atom is 0.263 e. The van der Waals surface area contributed by atoms with E-state index in [1.165, 1.54) is 24.3 Å². The van der Waals surface area contributed by atoms with Gasteiger partial charge in [-0.05, 0) is 42.5 Å². The molecule has 0 aliphatic rings. The first kappa shape index (κ1) is 16.7. The molecule has 0 aromatic heterocycles. The summed E-state index contributed by atoms with van der Waals surface area (Å²) in [5, 5.41) is -0.123. The second kappa shape index (κ2) is 5.86. The van der Waals surface area contributed by atoms with Crippen molar-refractivity contribution in [2.45, 2.75) is 9.79 Å². The molecule has 0 saturated carbocycles. The Kier molecular flexibility index (Phi) is 4.46. The van der Waals surface area contributed by atoms with Gasteiger partial charge in [-0.2, -0.15) is 0 Å².